The Balaban J connectivity index is 2.35. The van der Waals surface area contributed by atoms with Crippen molar-refractivity contribution in [1.29, 1.82) is 0 Å². The van der Waals surface area contributed by atoms with Crippen LogP contribution in [0, 0.1) is 5.92 Å². The highest BCUT2D eigenvalue weighted by molar-refractivity contribution is 4.69. The van der Waals surface area contributed by atoms with Crippen molar-refractivity contribution in [3.63, 3.8) is 0 Å². The van der Waals surface area contributed by atoms with Crippen LogP contribution in [0.1, 0.15) is 20.3 Å². The number of halogens is 1. The maximum absolute atomic E-state index is 12.1. The van der Waals surface area contributed by atoms with Gasteiger partial charge >= 0.3 is 0 Å². The van der Waals surface area contributed by atoms with Gasteiger partial charge in [-0.05, 0) is 13.3 Å². The van der Waals surface area contributed by atoms with Crippen molar-refractivity contribution in [2.24, 2.45) is 5.92 Å². The molecule has 2 nitrogen and oxygen atoms in total. The molecule has 1 aliphatic heterocycles. The van der Waals surface area contributed by atoms with Crippen molar-refractivity contribution in [3.8, 4) is 0 Å². The maximum atomic E-state index is 12.1. The Morgan fingerprint density at radius 1 is 1.45 bits per heavy atom. The summed E-state index contributed by atoms with van der Waals surface area (Å²) in [7, 11) is 0. The zero-order valence-electron chi connectivity index (χ0n) is 7.10. The number of rotatable bonds is 2. The summed E-state index contributed by atoms with van der Waals surface area (Å²) >= 11 is 0. The highest BCUT2D eigenvalue weighted by atomic mass is 19.1. The van der Waals surface area contributed by atoms with Gasteiger partial charge in [0.1, 0.15) is 0 Å². The van der Waals surface area contributed by atoms with Gasteiger partial charge in [0.15, 0.2) is 5.79 Å². The van der Waals surface area contributed by atoms with E-state index >= 15 is 0 Å². The van der Waals surface area contributed by atoms with Crippen LogP contribution in [0.3, 0.4) is 0 Å². The first-order chi connectivity index (χ1) is 5.20. The topological polar surface area (TPSA) is 18.5 Å². The Morgan fingerprint density at radius 2 is 2.00 bits per heavy atom. The van der Waals surface area contributed by atoms with Crippen LogP contribution in [0.25, 0.3) is 0 Å². The van der Waals surface area contributed by atoms with Crippen molar-refractivity contribution in [1.82, 2.24) is 0 Å². The molecular weight excluding hydrogens is 147 g/mol. The van der Waals surface area contributed by atoms with Crippen LogP contribution in [-0.2, 0) is 9.47 Å². The van der Waals surface area contributed by atoms with E-state index < -0.39 is 5.79 Å². The van der Waals surface area contributed by atoms with E-state index in [1.165, 1.54) is 0 Å². The van der Waals surface area contributed by atoms with Crippen LogP contribution in [0.15, 0.2) is 0 Å². The lowest BCUT2D eigenvalue weighted by atomic mass is 10.1. The van der Waals surface area contributed by atoms with E-state index in [2.05, 4.69) is 0 Å². The maximum Gasteiger partial charge on any atom is 0.165 e. The van der Waals surface area contributed by atoms with E-state index in [9.17, 15) is 4.39 Å². The minimum absolute atomic E-state index is 0.0605. The quantitative estimate of drug-likeness (QED) is 0.615. The monoisotopic (exact) mass is 162 g/mol. The Bertz CT molecular complexity index is 119. The molecule has 0 radical (unpaired) electrons. The lowest BCUT2D eigenvalue weighted by Gasteiger charge is -2.36. The molecule has 1 aliphatic rings. The van der Waals surface area contributed by atoms with Gasteiger partial charge in [0, 0.05) is 5.92 Å². The molecule has 11 heavy (non-hydrogen) atoms. The number of hydrogen-bond donors (Lipinski definition) is 0. The zero-order chi connectivity index (χ0) is 8.32. The van der Waals surface area contributed by atoms with Crippen molar-refractivity contribution in [2.45, 2.75) is 26.1 Å². The van der Waals surface area contributed by atoms with E-state index in [-0.39, 0.29) is 12.6 Å². The third-order valence-electron chi connectivity index (χ3n) is 2.11. The number of hydrogen-bond acceptors (Lipinski definition) is 2. The highest BCUT2D eigenvalue weighted by Crippen LogP contribution is 2.24. The van der Waals surface area contributed by atoms with E-state index in [4.69, 9.17) is 9.47 Å². The van der Waals surface area contributed by atoms with Gasteiger partial charge in [0.25, 0.3) is 0 Å². The zero-order valence-corrected chi connectivity index (χ0v) is 7.10. The van der Waals surface area contributed by atoms with Gasteiger partial charge in [0.05, 0.1) is 19.9 Å². The third-order valence-corrected chi connectivity index (χ3v) is 2.11. The second kappa shape index (κ2) is 3.50. The molecule has 66 valence electrons. The van der Waals surface area contributed by atoms with Crippen molar-refractivity contribution >= 4 is 0 Å². The Labute approximate surface area is 66.7 Å². The first-order valence-corrected chi connectivity index (χ1v) is 4.04. The smallest absolute Gasteiger partial charge is 0.165 e. The summed E-state index contributed by atoms with van der Waals surface area (Å²) < 4.78 is 22.8. The van der Waals surface area contributed by atoms with Gasteiger partial charge in [0.2, 0.25) is 0 Å². The average molecular weight is 162 g/mol. The Hall–Kier alpha value is -0.150. The van der Waals surface area contributed by atoms with E-state index in [0.717, 1.165) is 6.42 Å². The van der Waals surface area contributed by atoms with E-state index in [0.29, 0.717) is 13.2 Å². The van der Waals surface area contributed by atoms with E-state index in [1.807, 2.05) is 13.8 Å². The predicted octanol–water partition coefficient (Wildman–Crippen LogP) is 1.75. The van der Waals surface area contributed by atoms with Crippen LogP contribution < -0.4 is 0 Å². The summed E-state index contributed by atoms with van der Waals surface area (Å²) in [5.41, 5.74) is 0. The second-order valence-electron chi connectivity index (χ2n) is 3.13. The van der Waals surface area contributed by atoms with Crippen molar-refractivity contribution in [2.75, 3.05) is 19.9 Å². The molecule has 1 heterocycles. The van der Waals surface area contributed by atoms with Gasteiger partial charge in [-0.2, -0.15) is 0 Å². The fourth-order valence-electron chi connectivity index (χ4n) is 0.971. The number of alkyl halides is 1. The summed E-state index contributed by atoms with van der Waals surface area (Å²) in [5, 5.41) is 0. The van der Waals surface area contributed by atoms with Gasteiger partial charge in [-0.1, -0.05) is 6.92 Å². The minimum atomic E-state index is -0.467. The molecule has 3 heteroatoms. The molecule has 1 fully saturated rings. The molecular formula is C8H15FO2. The van der Waals surface area contributed by atoms with Crippen LogP contribution in [-0.4, -0.2) is 25.7 Å². The predicted molar refractivity (Wildman–Crippen MR) is 40.1 cm³/mol. The SMILES string of the molecule is CCC1(C)OCC(CF)CO1. The summed E-state index contributed by atoms with van der Waals surface area (Å²) in [4.78, 5) is 0. The number of ether oxygens (including phenoxy) is 2. The lowest BCUT2D eigenvalue weighted by molar-refractivity contribution is -0.274. The Morgan fingerprint density at radius 3 is 2.36 bits per heavy atom. The molecule has 0 aromatic carbocycles. The normalized spacial score (nSPS) is 39.0. The van der Waals surface area contributed by atoms with E-state index in [1.54, 1.807) is 0 Å². The van der Waals surface area contributed by atoms with Crippen LogP contribution in [0.4, 0.5) is 4.39 Å². The van der Waals surface area contributed by atoms with Gasteiger partial charge in [-0.3, -0.25) is 4.39 Å². The molecule has 0 N–H and O–H groups in total. The average Bonchev–Trinajstić information content (AvgIpc) is 2.06. The van der Waals surface area contributed by atoms with Gasteiger partial charge in [-0.15, -0.1) is 0 Å². The molecule has 0 spiro atoms. The van der Waals surface area contributed by atoms with Crippen LogP contribution >= 0.6 is 0 Å². The summed E-state index contributed by atoms with van der Waals surface area (Å²) in [6.07, 6.45) is 0.812. The van der Waals surface area contributed by atoms with Crippen molar-refractivity contribution < 1.29 is 13.9 Å². The highest BCUT2D eigenvalue weighted by Gasteiger charge is 2.30. The largest absolute Gasteiger partial charge is 0.350 e. The lowest BCUT2D eigenvalue weighted by Crippen LogP contribution is -2.41. The summed E-state index contributed by atoms with van der Waals surface area (Å²) in [5.74, 6) is -0.527. The van der Waals surface area contributed by atoms with Gasteiger partial charge in [-0.25, -0.2) is 0 Å². The minimum Gasteiger partial charge on any atom is -0.350 e. The molecule has 0 aliphatic carbocycles. The Kier molecular flexibility index (Phi) is 2.84. The third kappa shape index (κ3) is 2.14. The van der Waals surface area contributed by atoms with Crippen molar-refractivity contribution in [3.05, 3.63) is 0 Å². The van der Waals surface area contributed by atoms with Gasteiger partial charge < -0.3 is 9.47 Å². The molecule has 0 atom stereocenters. The summed E-state index contributed by atoms with van der Waals surface area (Å²) in [6.45, 7) is 4.51. The molecule has 1 rings (SSSR count). The molecule has 0 aromatic rings. The molecule has 0 aromatic heterocycles. The molecule has 0 unspecified atom stereocenters. The summed E-state index contributed by atoms with van der Waals surface area (Å²) in [6, 6.07) is 0. The fraction of sp³-hybridized carbons (Fsp3) is 1.00. The molecule has 0 amide bonds. The molecule has 1 saturated heterocycles. The van der Waals surface area contributed by atoms with Crippen LogP contribution in [0.5, 0.6) is 0 Å². The second-order valence-corrected chi connectivity index (χ2v) is 3.13. The van der Waals surface area contributed by atoms with Crippen LogP contribution in [0.2, 0.25) is 0 Å². The first kappa shape index (κ1) is 8.94. The fourth-order valence-corrected chi connectivity index (χ4v) is 0.971. The molecule has 0 bridgehead atoms. The standard InChI is InChI=1S/C8H15FO2/c1-3-8(2)10-5-7(4-9)6-11-8/h7H,3-6H2,1-2H3. The first-order valence-electron chi connectivity index (χ1n) is 4.04. The molecule has 0 saturated carbocycles.